The van der Waals surface area contributed by atoms with Crippen molar-refractivity contribution in [2.45, 2.75) is 73.1 Å². The fourth-order valence-electron chi connectivity index (χ4n) is 4.06. The van der Waals surface area contributed by atoms with Crippen LogP contribution in [0.5, 0.6) is 0 Å². The number of hydrogen-bond acceptors (Lipinski definition) is 3. The molecule has 0 unspecified atom stereocenters. The molecule has 0 fully saturated rings. The highest BCUT2D eigenvalue weighted by Gasteiger charge is 2.23. The number of hydrogen-bond donors (Lipinski definition) is 2. The molecule has 0 radical (unpaired) electrons. The molecule has 0 bridgehead atoms. The minimum absolute atomic E-state index is 0.0514. The Kier molecular flexibility index (Phi) is 9.14. The van der Waals surface area contributed by atoms with Gasteiger partial charge in [0.2, 0.25) is 5.91 Å². The van der Waals surface area contributed by atoms with Gasteiger partial charge in [0, 0.05) is 23.7 Å². The van der Waals surface area contributed by atoms with Gasteiger partial charge >= 0.3 is 6.03 Å². The van der Waals surface area contributed by atoms with Gasteiger partial charge < -0.3 is 15.5 Å². The van der Waals surface area contributed by atoms with Gasteiger partial charge in [-0.2, -0.15) is 5.10 Å². The zero-order valence-corrected chi connectivity index (χ0v) is 23.3. The Morgan fingerprint density at radius 1 is 0.946 bits per heavy atom. The van der Waals surface area contributed by atoms with Crippen molar-refractivity contribution < 1.29 is 9.59 Å². The van der Waals surface area contributed by atoms with Crippen LogP contribution in [0.1, 0.15) is 69.3 Å². The first-order chi connectivity index (χ1) is 17.5. The molecule has 1 aromatic heterocycles. The molecule has 37 heavy (non-hydrogen) atoms. The van der Waals surface area contributed by atoms with Crippen LogP contribution in [0.4, 0.5) is 16.3 Å². The van der Waals surface area contributed by atoms with Crippen LogP contribution in [-0.4, -0.2) is 39.7 Å². The Morgan fingerprint density at radius 3 is 2.32 bits per heavy atom. The molecule has 7 heteroatoms. The van der Waals surface area contributed by atoms with E-state index in [-0.39, 0.29) is 23.9 Å². The number of nitrogens with one attached hydrogen (secondary N) is 2. The number of unbranched alkanes of at least 4 members (excludes halogenated alkanes) is 2. The Bertz CT molecular complexity index is 1240. The summed E-state index contributed by atoms with van der Waals surface area (Å²) in [6, 6.07) is 15.4. The first-order valence-electron chi connectivity index (χ1n) is 13.1. The summed E-state index contributed by atoms with van der Waals surface area (Å²) in [4.78, 5) is 28.1. The fraction of sp³-hybridized carbons (Fsp3) is 0.433. The zero-order chi connectivity index (χ0) is 27.2. The summed E-state index contributed by atoms with van der Waals surface area (Å²) in [6.45, 7) is 14.9. The molecule has 3 aromatic rings. The number of urea groups is 1. The summed E-state index contributed by atoms with van der Waals surface area (Å²) in [5, 5.41) is 10.9. The Labute approximate surface area is 221 Å². The van der Waals surface area contributed by atoms with Crippen molar-refractivity contribution in [2.75, 3.05) is 23.7 Å². The largest absolute Gasteiger partial charge is 0.322 e. The number of benzene rings is 2. The van der Waals surface area contributed by atoms with Gasteiger partial charge in [0.05, 0.1) is 11.4 Å². The number of aromatic nitrogens is 2. The monoisotopic (exact) mass is 503 g/mol. The van der Waals surface area contributed by atoms with E-state index in [2.05, 4.69) is 38.3 Å². The van der Waals surface area contributed by atoms with Crippen LogP contribution in [0, 0.1) is 20.8 Å². The lowest BCUT2D eigenvalue weighted by atomic mass is 9.92. The standard InChI is InChI=1S/C30H41N5O2/c1-8-9-12-18-34(29(37)31-24-16-13-15-21(2)23(24)4)20-28(36)32-27-19-26(30(5,6)7)33-35(27)25-17-11-10-14-22(25)3/h10-11,13-17,19H,8-9,12,18,20H2,1-7H3,(H,31,37)(H,32,36). The summed E-state index contributed by atoms with van der Waals surface area (Å²) in [7, 11) is 0. The molecular weight excluding hydrogens is 462 g/mol. The minimum atomic E-state index is -0.275. The zero-order valence-electron chi connectivity index (χ0n) is 23.3. The lowest BCUT2D eigenvalue weighted by Gasteiger charge is -2.23. The van der Waals surface area contributed by atoms with Crippen LogP contribution in [0.25, 0.3) is 5.69 Å². The molecule has 0 saturated carbocycles. The Morgan fingerprint density at radius 2 is 1.65 bits per heavy atom. The quantitative estimate of drug-likeness (QED) is 0.317. The van der Waals surface area contributed by atoms with Gasteiger partial charge in [-0.3, -0.25) is 4.79 Å². The number of carbonyl (C=O) groups excluding carboxylic acids is 2. The molecule has 0 atom stereocenters. The molecule has 2 aromatic carbocycles. The van der Waals surface area contributed by atoms with E-state index in [1.807, 2.05) is 69.3 Å². The molecule has 0 aliphatic carbocycles. The van der Waals surface area contributed by atoms with Gasteiger partial charge in [-0.15, -0.1) is 0 Å². The lowest BCUT2D eigenvalue weighted by Crippen LogP contribution is -2.41. The number of aryl methyl sites for hydroxylation is 2. The molecule has 0 saturated heterocycles. The van der Waals surface area contributed by atoms with Gasteiger partial charge in [-0.1, -0.05) is 70.9 Å². The average Bonchev–Trinajstić information content (AvgIpc) is 3.25. The van der Waals surface area contributed by atoms with Crippen LogP contribution in [0.15, 0.2) is 48.5 Å². The predicted molar refractivity (Wildman–Crippen MR) is 152 cm³/mol. The van der Waals surface area contributed by atoms with E-state index in [0.717, 1.165) is 53.0 Å². The second-order valence-electron chi connectivity index (χ2n) is 10.7. The van der Waals surface area contributed by atoms with E-state index in [0.29, 0.717) is 12.4 Å². The maximum absolute atomic E-state index is 13.3. The lowest BCUT2D eigenvalue weighted by molar-refractivity contribution is -0.116. The SMILES string of the molecule is CCCCCN(CC(=O)Nc1cc(C(C)(C)C)nn1-c1ccccc1C)C(=O)Nc1cccc(C)c1C. The molecule has 198 valence electrons. The van der Waals surface area contributed by atoms with Crippen LogP contribution in [0.2, 0.25) is 0 Å². The molecular formula is C30H41N5O2. The predicted octanol–water partition coefficient (Wildman–Crippen LogP) is 6.76. The highest BCUT2D eigenvalue weighted by atomic mass is 16.2. The van der Waals surface area contributed by atoms with E-state index in [4.69, 9.17) is 5.10 Å². The first kappa shape index (κ1) is 28.0. The highest BCUT2D eigenvalue weighted by molar-refractivity contribution is 5.97. The van der Waals surface area contributed by atoms with E-state index in [1.54, 1.807) is 9.58 Å². The molecule has 0 aliphatic rings. The molecule has 7 nitrogen and oxygen atoms in total. The van der Waals surface area contributed by atoms with Crippen LogP contribution in [0.3, 0.4) is 0 Å². The van der Waals surface area contributed by atoms with Crippen molar-refractivity contribution in [3.8, 4) is 5.69 Å². The van der Waals surface area contributed by atoms with Crippen molar-refractivity contribution in [2.24, 2.45) is 0 Å². The number of carbonyl (C=O) groups is 2. The van der Waals surface area contributed by atoms with Gasteiger partial charge in [-0.25, -0.2) is 9.48 Å². The summed E-state index contributed by atoms with van der Waals surface area (Å²) in [6.07, 6.45) is 2.85. The third-order valence-electron chi connectivity index (χ3n) is 6.59. The first-order valence-corrected chi connectivity index (χ1v) is 13.1. The van der Waals surface area contributed by atoms with Gasteiger partial charge in [0.25, 0.3) is 0 Å². The second-order valence-corrected chi connectivity index (χ2v) is 10.7. The van der Waals surface area contributed by atoms with Crippen molar-refractivity contribution in [3.63, 3.8) is 0 Å². The average molecular weight is 504 g/mol. The number of rotatable bonds is 9. The Balaban J connectivity index is 1.83. The van der Waals surface area contributed by atoms with Gasteiger partial charge in [-0.05, 0) is 56.0 Å². The van der Waals surface area contributed by atoms with E-state index < -0.39 is 0 Å². The van der Waals surface area contributed by atoms with E-state index >= 15 is 0 Å². The maximum Gasteiger partial charge on any atom is 0.322 e. The number of para-hydroxylation sites is 1. The van der Waals surface area contributed by atoms with Crippen molar-refractivity contribution in [1.29, 1.82) is 0 Å². The molecule has 2 N–H and O–H groups in total. The third kappa shape index (κ3) is 7.21. The normalized spacial score (nSPS) is 11.3. The van der Waals surface area contributed by atoms with Crippen LogP contribution < -0.4 is 10.6 Å². The number of nitrogens with zero attached hydrogens (tertiary/aromatic N) is 3. The summed E-state index contributed by atoms with van der Waals surface area (Å²) in [5.41, 5.74) is 5.52. The summed E-state index contributed by atoms with van der Waals surface area (Å²) < 4.78 is 1.78. The minimum Gasteiger partial charge on any atom is -0.315 e. The summed E-state index contributed by atoms with van der Waals surface area (Å²) in [5.74, 6) is 0.329. The van der Waals surface area contributed by atoms with Crippen LogP contribution >= 0.6 is 0 Å². The molecule has 0 aliphatic heterocycles. The number of amides is 3. The molecule has 3 rings (SSSR count). The summed E-state index contributed by atoms with van der Waals surface area (Å²) >= 11 is 0. The highest BCUT2D eigenvalue weighted by Crippen LogP contribution is 2.27. The van der Waals surface area contributed by atoms with E-state index in [9.17, 15) is 9.59 Å². The van der Waals surface area contributed by atoms with Crippen molar-refractivity contribution in [1.82, 2.24) is 14.7 Å². The third-order valence-corrected chi connectivity index (χ3v) is 6.59. The van der Waals surface area contributed by atoms with E-state index in [1.165, 1.54) is 0 Å². The second kappa shape index (κ2) is 12.1. The smallest absolute Gasteiger partial charge is 0.315 e. The fourth-order valence-corrected chi connectivity index (χ4v) is 4.06. The van der Waals surface area contributed by atoms with Gasteiger partial charge in [0.15, 0.2) is 0 Å². The topological polar surface area (TPSA) is 79.3 Å². The molecule has 1 heterocycles. The molecule has 0 spiro atoms. The van der Waals surface area contributed by atoms with Crippen molar-refractivity contribution >= 4 is 23.4 Å². The van der Waals surface area contributed by atoms with Crippen molar-refractivity contribution in [3.05, 3.63) is 70.9 Å². The van der Waals surface area contributed by atoms with Gasteiger partial charge in [0.1, 0.15) is 12.4 Å². The van der Waals surface area contributed by atoms with Crippen LogP contribution in [-0.2, 0) is 10.2 Å². The molecule has 3 amide bonds. The Hall–Kier alpha value is -3.61. The maximum atomic E-state index is 13.3. The number of anilines is 2.